The summed E-state index contributed by atoms with van der Waals surface area (Å²) >= 11 is 6.00. The third-order valence-electron chi connectivity index (χ3n) is 4.81. The topological polar surface area (TPSA) is 67.4 Å². The van der Waals surface area contributed by atoms with E-state index in [1.54, 1.807) is 16.8 Å². The number of hydrogen-bond acceptors (Lipinski definition) is 5. The quantitative estimate of drug-likeness (QED) is 0.848. The first kappa shape index (κ1) is 15.7. The summed E-state index contributed by atoms with van der Waals surface area (Å²) in [5, 5.41) is 4.66. The van der Waals surface area contributed by atoms with Gasteiger partial charge in [0.05, 0.1) is 5.02 Å². The molecular weight excluding hydrogens is 330 g/mol. The maximum atomic E-state index is 12.8. The summed E-state index contributed by atoms with van der Waals surface area (Å²) in [5.74, 6) is 1.84. The Morgan fingerprint density at radius 3 is 2.79 bits per heavy atom. The van der Waals surface area contributed by atoms with Gasteiger partial charge < -0.3 is 14.0 Å². The van der Waals surface area contributed by atoms with Crippen LogP contribution in [0.2, 0.25) is 5.02 Å². The average molecular weight is 350 g/mol. The Morgan fingerprint density at radius 2 is 2.12 bits per heavy atom. The van der Waals surface area contributed by atoms with E-state index in [1.807, 2.05) is 19.0 Å². The molecule has 0 spiro atoms. The van der Waals surface area contributed by atoms with Crippen molar-refractivity contribution in [2.24, 2.45) is 7.05 Å². The number of hydrogen-bond donors (Lipinski definition) is 0. The highest BCUT2D eigenvalue weighted by molar-refractivity contribution is 6.31. The normalized spacial score (nSPS) is 22.1. The third kappa shape index (κ3) is 2.82. The van der Waals surface area contributed by atoms with Crippen LogP contribution in [0, 0.1) is 0 Å². The molecule has 0 N–H and O–H groups in total. The van der Waals surface area contributed by atoms with Crippen LogP contribution in [0.3, 0.4) is 0 Å². The molecule has 3 heterocycles. The van der Waals surface area contributed by atoms with Crippen LogP contribution in [0.25, 0.3) is 0 Å². The Labute approximate surface area is 145 Å². The van der Waals surface area contributed by atoms with Crippen molar-refractivity contribution in [3.8, 4) is 0 Å². The van der Waals surface area contributed by atoms with Crippen molar-refractivity contribution in [3.05, 3.63) is 34.7 Å². The van der Waals surface area contributed by atoms with Crippen LogP contribution in [0.15, 0.2) is 16.8 Å². The van der Waals surface area contributed by atoms with Crippen LogP contribution in [0.1, 0.15) is 47.0 Å². The first-order valence-corrected chi connectivity index (χ1v) is 8.55. The molecule has 1 aliphatic carbocycles. The number of rotatable bonds is 3. The first-order chi connectivity index (χ1) is 11.5. The van der Waals surface area contributed by atoms with Gasteiger partial charge in [-0.1, -0.05) is 16.8 Å². The van der Waals surface area contributed by atoms with Gasteiger partial charge in [-0.05, 0) is 26.0 Å². The van der Waals surface area contributed by atoms with Crippen molar-refractivity contribution in [1.29, 1.82) is 0 Å². The fourth-order valence-corrected chi connectivity index (χ4v) is 3.36. The molecule has 7 nitrogen and oxygen atoms in total. The first-order valence-electron chi connectivity index (χ1n) is 8.18. The standard InChI is InChI=1S/C16H20ClN5O2/c1-20-5-6-22(16(23)12-7-11(17)8-21(12)2)9-13(20)15-18-14(19-24-15)10-3-4-10/h7-8,10,13H,3-6,9H2,1-2H3/t13-/m0/s1. The maximum absolute atomic E-state index is 12.8. The van der Waals surface area contributed by atoms with E-state index in [2.05, 4.69) is 15.0 Å². The average Bonchev–Trinajstić information content (AvgIpc) is 3.19. The molecule has 1 atom stereocenters. The zero-order valence-corrected chi connectivity index (χ0v) is 14.5. The third-order valence-corrected chi connectivity index (χ3v) is 5.02. The summed E-state index contributed by atoms with van der Waals surface area (Å²) in [7, 11) is 3.85. The Morgan fingerprint density at radius 1 is 1.33 bits per heavy atom. The van der Waals surface area contributed by atoms with Crippen LogP contribution in [0.5, 0.6) is 0 Å². The molecule has 24 heavy (non-hydrogen) atoms. The maximum Gasteiger partial charge on any atom is 0.270 e. The van der Waals surface area contributed by atoms with Crippen LogP contribution in [-0.4, -0.2) is 57.1 Å². The van der Waals surface area contributed by atoms with Crippen molar-refractivity contribution in [2.75, 3.05) is 26.7 Å². The lowest BCUT2D eigenvalue weighted by atomic mass is 10.1. The summed E-state index contributed by atoms with van der Waals surface area (Å²) < 4.78 is 7.23. The van der Waals surface area contributed by atoms with E-state index in [-0.39, 0.29) is 11.9 Å². The number of carbonyl (C=O) groups excluding carboxylic acids is 1. The second-order valence-corrected chi connectivity index (χ2v) is 7.10. The highest BCUT2D eigenvalue weighted by Crippen LogP contribution is 2.38. The molecule has 1 amide bonds. The zero-order chi connectivity index (χ0) is 16.8. The molecule has 0 aromatic carbocycles. The second kappa shape index (κ2) is 5.89. The largest absolute Gasteiger partial charge is 0.345 e. The molecule has 0 unspecified atom stereocenters. The number of likely N-dealkylation sites (N-methyl/N-ethyl adjacent to an activating group) is 1. The molecule has 0 radical (unpaired) electrons. The van der Waals surface area contributed by atoms with Gasteiger partial charge in [0.15, 0.2) is 5.82 Å². The Kier molecular flexibility index (Phi) is 3.85. The Hall–Kier alpha value is -1.86. The second-order valence-electron chi connectivity index (χ2n) is 6.67. The Bertz CT molecular complexity index is 766. The predicted octanol–water partition coefficient (Wildman–Crippen LogP) is 2.07. The predicted molar refractivity (Wildman–Crippen MR) is 88.0 cm³/mol. The minimum atomic E-state index is -0.0709. The van der Waals surface area contributed by atoms with E-state index in [0.717, 1.165) is 25.2 Å². The lowest BCUT2D eigenvalue weighted by Gasteiger charge is -2.37. The molecule has 2 aromatic heterocycles. The van der Waals surface area contributed by atoms with E-state index >= 15 is 0 Å². The van der Waals surface area contributed by atoms with Crippen molar-refractivity contribution in [1.82, 2.24) is 24.5 Å². The van der Waals surface area contributed by atoms with Gasteiger partial charge in [0.2, 0.25) is 5.89 Å². The van der Waals surface area contributed by atoms with Crippen LogP contribution < -0.4 is 0 Å². The van der Waals surface area contributed by atoms with Crippen molar-refractivity contribution < 1.29 is 9.32 Å². The van der Waals surface area contributed by atoms with Gasteiger partial charge in [0, 0.05) is 38.8 Å². The summed E-state index contributed by atoms with van der Waals surface area (Å²) in [6, 6.07) is 1.63. The zero-order valence-electron chi connectivity index (χ0n) is 13.8. The lowest BCUT2D eigenvalue weighted by molar-refractivity contribution is 0.0480. The minimum Gasteiger partial charge on any atom is -0.345 e. The van der Waals surface area contributed by atoms with Gasteiger partial charge in [0.1, 0.15) is 11.7 Å². The number of aryl methyl sites for hydroxylation is 1. The van der Waals surface area contributed by atoms with Crippen molar-refractivity contribution in [2.45, 2.75) is 24.8 Å². The number of nitrogens with zero attached hydrogens (tertiary/aromatic N) is 5. The molecule has 1 saturated heterocycles. The van der Waals surface area contributed by atoms with Gasteiger partial charge in [-0.3, -0.25) is 9.69 Å². The summed E-state index contributed by atoms with van der Waals surface area (Å²) in [6.07, 6.45) is 4.01. The molecule has 2 fully saturated rings. The van der Waals surface area contributed by atoms with Crippen LogP contribution in [-0.2, 0) is 7.05 Å². The molecule has 2 aliphatic rings. The summed E-state index contributed by atoms with van der Waals surface area (Å²) in [5.41, 5.74) is 0.590. The van der Waals surface area contributed by atoms with Gasteiger partial charge in [0.25, 0.3) is 5.91 Å². The molecule has 2 aromatic rings. The minimum absolute atomic E-state index is 0.0237. The van der Waals surface area contributed by atoms with Gasteiger partial charge in [-0.15, -0.1) is 0 Å². The molecule has 1 aliphatic heterocycles. The SMILES string of the molecule is CN1CCN(C(=O)c2cc(Cl)cn2C)C[C@H]1c1nc(C2CC2)no1. The fraction of sp³-hybridized carbons (Fsp3) is 0.562. The summed E-state index contributed by atoms with van der Waals surface area (Å²) in [4.78, 5) is 21.3. The molecular formula is C16H20ClN5O2. The highest BCUT2D eigenvalue weighted by Gasteiger charge is 2.35. The molecule has 8 heteroatoms. The van der Waals surface area contributed by atoms with Gasteiger partial charge >= 0.3 is 0 Å². The van der Waals surface area contributed by atoms with E-state index in [0.29, 0.717) is 35.6 Å². The van der Waals surface area contributed by atoms with E-state index in [9.17, 15) is 4.79 Å². The monoisotopic (exact) mass is 349 g/mol. The van der Waals surface area contributed by atoms with Crippen molar-refractivity contribution in [3.63, 3.8) is 0 Å². The molecule has 0 bridgehead atoms. The lowest BCUT2D eigenvalue weighted by Crippen LogP contribution is -2.49. The van der Waals surface area contributed by atoms with Gasteiger partial charge in [-0.25, -0.2) is 0 Å². The number of amides is 1. The van der Waals surface area contributed by atoms with Crippen LogP contribution >= 0.6 is 11.6 Å². The van der Waals surface area contributed by atoms with Gasteiger partial charge in [-0.2, -0.15) is 4.98 Å². The van der Waals surface area contributed by atoms with E-state index in [1.165, 1.54) is 0 Å². The summed E-state index contributed by atoms with van der Waals surface area (Å²) in [6.45, 7) is 1.96. The number of aromatic nitrogens is 3. The molecule has 4 rings (SSSR count). The smallest absolute Gasteiger partial charge is 0.270 e. The Balaban J connectivity index is 1.53. The number of halogens is 1. The number of carbonyl (C=O) groups is 1. The number of piperazine rings is 1. The fourth-order valence-electron chi connectivity index (χ4n) is 3.11. The van der Waals surface area contributed by atoms with Crippen LogP contribution in [0.4, 0.5) is 0 Å². The molecule has 1 saturated carbocycles. The van der Waals surface area contributed by atoms with E-state index in [4.69, 9.17) is 16.1 Å². The molecule has 128 valence electrons. The highest BCUT2D eigenvalue weighted by atomic mass is 35.5. The van der Waals surface area contributed by atoms with Crippen molar-refractivity contribution >= 4 is 17.5 Å². The van der Waals surface area contributed by atoms with E-state index < -0.39 is 0 Å².